The maximum atomic E-state index is 13.2. The van der Waals surface area contributed by atoms with E-state index in [2.05, 4.69) is 10.6 Å². The average Bonchev–Trinajstić information content (AvgIpc) is 3.17. The Morgan fingerprint density at radius 3 is 2.32 bits per heavy atom. The Bertz CT molecular complexity index is 1040. The molecule has 0 aliphatic rings. The fraction of sp³-hybridized carbons (Fsp3) is 0.105. The van der Waals surface area contributed by atoms with Gasteiger partial charge in [-0.1, -0.05) is 18.2 Å². The fourth-order valence-electron chi connectivity index (χ4n) is 2.62. The van der Waals surface area contributed by atoms with E-state index in [0.29, 0.717) is 5.69 Å². The minimum atomic E-state index is -3.78. The number of hydrogen-bond donors (Lipinski definition) is 3. The summed E-state index contributed by atoms with van der Waals surface area (Å²) in [5.74, 6) is -0.624. The molecule has 0 bridgehead atoms. The van der Waals surface area contributed by atoms with Gasteiger partial charge in [0.25, 0.3) is 0 Å². The molecule has 3 rings (SSSR count). The number of nitrogens with two attached hydrogens (primary N) is 1. The van der Waals surface area contributed by atoms with Crippen LogP contribution in [0.5, 0.6) is 0 Å². The van der Waals surface area contributed by atoms with E-state index in [4.69, 9.17) is 5.14 Å². The third-order valence-corrected chi connectivity index (χ3v) is 5.83. The molecule has 0 saturated carbocycles. The van der Waals surface area contributed by atoms with E-state index < -0.39 is 10.0 Å². The molecule has 9 heteroatoms. The van der Waals surface area contributed by atoms with Crippen molar-refractivity contribution in [2.75, 3.05) is 11.9 Å². The summed E-state index contributed by atoms with van der Waals surface area (Å²) >= 11 is 1.53. The number of halogens is 1. The largest absolute Gasteiger partial charge is 0.325 e. The van der Waals surface area contributed by atoms with Crippen LogP contribution >= 0.6 is 11.3 Å². The van der Waals surface area contributed by atoms with Crippen LogP contribution in [0.4, 0.5) is 10.1 Å². The summed E-state index contributed by atoms with van der Waals surface area (Å²) in [7, 11) is -3.78. The lowest BCUT2D eigenvalue weighted by molar-refractivity contribution is -0.115. The number of hydrogen-bond acceptors (Lipinski definition) is 5. The van der Waals surface area contributed by atoms with Gasteiger partial charge < -0.3 is 5.32 Å². The number of thiophene rings is 1. The van der Waals surface area contributed by atoms with Gasteiger partial charge in [0.05, 0.1) is 17.5 Å². The molecule has 0 fully saturated rings. The van der Waals surface area contributed by atoms with Crippen molar-refractivity contribution >= 4 is 33.0 Å². The second-order valence-electron chi connectivity index (χ2n) is 6.00. The van der Waals surface area contributed by atoms with Crippen LogP contribution in [0.3, 0.4) is 0 Å². The van der Waals surface area contributed by atoms with Gasteiger partial charge in [0, 0.05) is 10.6 Å². The summed E-state index contributed by atoms with van der Waals surface area (Å²) in [4.78, 5) is 13.2. The van der Waals surface area contributed by atoms with Crippen LogP contribution in [0.15, 0.2) is 70.9 Å². The lowest BCUT2D eigenvalue weighted by Crippen LogP contribution is -2.31. The van der Waals surface area contributed by atoms with Gasteiger partial charge in [-0.2, -0.15) is 0 Å². The Labute approximate surface area is 166 Å². The molecule has 6 nitrogen and oxygen atoms in total. The van der Waals surface area contributed by atoms with E-state index in [1.54, 1.807) is 12.1 Å². The van der Waals surface area contributed by atoms with Gasteiger partial charge in [0.2, 0.25) is 15.9 Å². The Morgan fingerprint density at radius 1 is 1.07 bits per heavy atom. The highest BCUT2D eigenvalue weighted by molar-refractivity contribution is 7.89. The fourth-order valence-corrected chi connectivity index (χ4v) is 3.96. The Hall–Kier alpha value is -2.59. The van der Waals surface area contributed by atoms with Crippen LogP contribution in [-0.2, 0) is 14.8 Å². The molecule has 0 spiro atoms. The third-order valence-electron chi connectivity index (χ3n) is 3.96. The molecule has 1 atom stereocenters. The number of nitrogens with one attached hydrogen (secondary N) is 2. The normalized spacial score (nSPS) is 12.5. The number of amides is 1. The quantitative estimate of drug-likeness (QED) is 0.548. The zero-order valence-corrected chi connectivity index (χ0v) is 16.3. The Balaban J connectivity index is 1.66. The van der Waals surface area contributed by atoms with Crippen molar-refractivity contribution in [1.82, 2.24) is 5.32 Å². The smallest absolute Gasteiger partial charge is 0.238 e. The molecule has 4 N–H and O–H groups in total. The molecule has 1 amide bonds. The molecule has 1 aromatic heterocycles. The van der Waals surface area contributed by atoms with Crippen LogP contribution in [0.1, 0.15) is 16.5 Å². The molecule has 2 aromatic carbocycles. The van der Waals surface area contributed by atoms with E-state index in [-0.39, 0.29) is 29.2 Å². The summed E-state index contributed by atoms with van der Waals surface area (Å²) in [6, 6.07) is 15.3. The predicted molar refractivity (Wildman–Crippen MR) is 107 cm³/mol. The SMILES string of the molecule is NS(=O)(=O)c1ccc(NC(=O)CN[C@H](c2ccc(F)cc2)c2cccs2)cc1. The summed E-state index contributed by atoms with van der Waals surface area (Å²) in [6.45, 7) is 0.0108. The summed E-state index contributed by atoms with van der Waals surface area (Å²) in [5, 5.41) is 12.8. The van der Waals surface area contributed by atoms with Gasteiger partial charge in [-0.05, 0) is 53.4 Å². The predicted octanol–water partition coefficient (Wildman–Crippen LogP) is 2.85. The van der Waals surface area contributed by atoms with Crippen LogP contribution in [0, 0.1) is 5.82 Å². The van der Waals surface area contributed by atoms with Crippen LogP contribution in [0.2, 0.25) is 0 Å². The van der Waals surface area contributed by atoms with E-state index in [0.717, 1.165) is 10.4 Å². The first-order valence-electron chi connectivity index (χ1n) is 8.28. The number of rotatable bonds is 7. The Morgan fingerprint density at radius 2 is 1.75 bits per heavy atom. The van der Waals surface area contributed by atoms with Crippen molar-refractivity contribution < 1.29 is 17.6 Å². The van der Waals surface area contributed by atoms with Crippen LogP contribution in [-0.4, -0.2) is 20.9 Å². The monoisotopic (exact) mass is 419 g/mol. The number of carbonyl (C=O) groups excluding carboxylic acids is 1. The summed E-state index contributed by atoms with van der Waals surface area (Å²) in [6.07, 6.45) is 0. The van der Waals surface area contributed by atoms with Crippen molar-refractivity contribution in [3.8, 4) is 0 Å². The van der Waals surface area contributed by atoms with Crippen molar-refractivity contribution in [3.63, 3.8) is 0 Å². The third kappa shape index (κ3) is 5.23. The van der Waals surface area contributed by atoms with Crippen LogP contribution < -0.4 is 15.8 Å². The van der Waals surface area contributed by atoms with Gasteiger partial charge in [0.15, 0.2) is 0 Å². The maximum absolute atomic E-state index is 13.2. The number of benzene rings is 2. The molecular weight excluding hydrogens is 401 g/mol. The first kappa shape index (κ1) is 20.2. The highest BCUT2D eigenvalue weighted by atomic mass is 32.2. The highest BCUT2D eigenvalue weighted by Crippen LogP contribution is 2.26. The molecule has 0 radical (unpaired) electrons. The van der Waals surface area contributed by atoms with E-state index in [1.807, 2.05) is 17.5 Å². The van der Waals surface area contributed by atoms with E-state index in [1.165, 1.54) is 47.7 Å². The number of primary sulfonamides is 1. The number of carbonyl (C=O) groups is 1. The van der Waals surface area contributed by atoms with Crippen molar-refractivity contribution in [1.29, 1.82) is 0 Å². The van der Waals surface area contributed by atoms with Crippen molar-refractivity contribution in [3.05, 3.63) is 82.3 Å². The molecule has 0 saturated heterocycles. The minimum Gasteiger partial charge on any atom is -0.325 e. The minimum absolute atomic E-state index is 0.0108. The van der Waals surface area contributed by atoms with Crippen molar-refractivity contribution in [2.24, 2.45) is 5.14 Å². The number of sulfonamides is 1. The Kier molecular flexibility index (Phi) is 6.20. The lowest BCUT2D eigenvalue weighted by atomic mass is 10.1. The number of anilines is 1. The molecule has 1 heterocycles. The van der Waals surface area contributed by atoms with E-state index in [9.17, 15) is 17.6 Å². The zero-order chi connectivity index (χ0) is 20.1. The second-order valence-corrected chi connectivity index (χ2v) is 8.54. The van der Waals surface area contributed by atoms with Gasteiger partial charge in [-0.15, -0.1) is 11.3 Å². The van der Waals surface area contributed by atoms with Gasteiger partial charge in [0.1, 0.15) is 5.82 Å². The molecule has 0 aliphatic heterocycles. The topological polar surface area (TPSA) is 101 Å². The van der Waals surface area contributed by atoms with E-state index >= 15 is 0 Å². The van der Waals surface area contributed by atoms with Gasteiger partial charge in [-0.3, -0.25) is 10.1 Å². The standard InChI is InChI=1S/C19H18FN3O3S2/c20-14-5-3-13(4-6-14)19(17-2-1-11-27-17)22-12-18(24)23-15-7-9-16(10-8-15)28(21,25)26/h1-11,19,22H,12H2,(H,23,24)(H2,21,25,26)/t19-/m1/s1. The molecule has 0 unspecified atom stereocenters. The molecule has 3 aromatic rings. The molecule has 28 heavy (non-hydrogen) atoms. The molecule has 146 valence electrons. The zero-order valence-electron chi connectivity index (χ0n) is 14.6. The van der Waals surface area contributed by atoms with Gasteiger partial charge in [-0.25, -0.2) is 17.9 Å². The van der Waals surface area contributed by atoms with Gasteiger partial charge >= 0.3 is 0 Å². The summed E-state index contributed by atoms with van der Waals surface area (Å²) < 4.78 is 35.8. The molecular formula is C19H18FN3O3S2. The first-order valence-corrected chi connectivity index (χ1v) is 10.7. The maximum Gasteiger partial charge on any atom is 0.238 e. The second kappa shape index (κ2) is 8.61. The lowest BCUT2D eigenvalue weighted by Gasteiger charge is -2.18. The first-order chi connectivity index (χ1) is 13.3. The highest BCUT2D eigenvalue weighted by Gasteiger charge is 2.16. The average molecular weight is 420 g/mol. The summed E-state index contributed by atoms with van der Waals surface area (Å²) in [5.41, 5.74) is 1.29. The van der Waals surface area contributed by atoms with Crippen molar-refractivity contribution in [2.45, 2.75) is 10.9 Å². The molecule has 0 aliphatic carbocycles. The van der Waals surface area contributed by atoms with Crippen LogP contribution in [0.25, 0.3) is 0 Å².